The first-order chi connectivity index (χ1) is 12.8. The molecular weight excluding hydrogens is 366 g/mol. The van der Waals surface area contributed by atoms with Crippen LogP contribution in [0.2, 0.25) is 0 Å². The summed E-state index contributed by atoms with van der Waals surface area (Å²) >= 11 is 1.22. The second kappa shape index (κ2) is 7.43. The van der Waals surface area contributed by atoms with Crippen molar-refractivity contribution < 1.29 is 4.79 Å². The fraction of sp³-hybridized carbons (Fsp3) is 0.333. The Kier molecular flexibility index (Phi) is 5.22. The molecule has 27 heavy (non-hydrogen) atoms. The Morgan fingerprint density at radius 1 is 1.07 bits per heavy atom. The molecule has 3 rings (SSSR count). The van der Waals surface area contributed by atoms with Crippen molar-refractivity contribution >= 4 is 28.8 Å². The van der Waals surface area contributed by atoms with Crippen LogP contribution < -0.4 is 16.6 Å². The molecule has 0 aliphatic heterocycles. The van der Waals surface area contributed by atoms with Gasteiger partial charge in [0.25, 0.3) is 5.56 Å². The molecule has 0 bridgehead atoms. The molecule has 0 spiro atoms. The van der Waals surface area contributed by atoms with Gasteiger partial charge in [-0.05, 0) is 12.5 Å². The average molecular weight is 387 g/mol. The molecule has 8 nitrogen and oxygen atoms in total. The molecule has 0 aliphatic rings. The number of nitrogens with one attached hydrogen (secondary N) is 1. The summed E-state index contributed by atoms with van der Waals surface area (Å²) in [5.41, 5.74) is 1.99. The van der Waals surface area contributed by atoms with Crippen LogP contribution >= 0.6 is 11.8 Å². The number of amides is 1. The van der Waals surface area contributed by atoms with E-state index >= 15 is 0 Å². The quantitative estimate of drug-likeness (QED) is 0.651. The Bertz CT molecular complexity index is 1130. The number of fused-ring (bicyclic) bond motifs is 1. The first-order valence-electron chi connectivity index (χ1n) is 8.37. The van der Waals surface area contributed by atoms with E-state index in [0.717, 1.165) is 10.1 Å². The Balaban J connectivity index is 1.72. The number of carbonyl (C=O) groups is 1. The van der Waals surface area contributed by atoms with Gasteiger partial charge in [0.05, 0.1) is 5.75 Å². The van der Waals surface area contributed by atoms with Crippen molar-refractivity contribution in [2.45, 2.75) is 18.6 Å². The molecular formula is C18H21N5O3S. The molecule has 0 saturated heterocycles. The number of carbonyl (C=O) groups excluding carboxylic acids is 1. The predicted octanol–water partition coefficient (Wildman–Crippen LogP) is 0.688. The maximum Gasteiger partial charge on any atom is 0.332 e. The molecule has 2 heterocycles. The number of hydrogen-bond donors (Lipinski definition) is 1. The molecule has 0 radical (unpaired) electrons. The summed E-state index contributed by atoms with van der Waals surface area (Å²) in [6.07, 6.45) is 0. The number of rotatable bonds is 5. The standard InChI is InChI=1S/C18H21N5O3S/c1-11-5-7-12(8-6-11)9-19-13(24)10-27-17-20-14-15(21(17)2)22(3)18(26)23(4)16(14)25/h5-8H,9-10H2,1-4H3,(H,19,24). The SMILES string of the molecule is Cc1ccc(CNC(=O)CSc2nc3c(=O)n(C)c(=O)n(C)c3n2C)cc1. The highest BCUT2D eigenvalue weighted by Crippen LogP contribution is 2.19. The molecule has 1 aromatic carbocycles. The lowest BCUT2D eigenvalue weighted by Crippen LogP contribution is -2.37. The van der Waals surface area contributed by atoms with Crippen molar-refractivity contribution in [1.82, 2.24) is 24.0 Å². The van der Waals surface area contributed by atoms with Crippen LogP contribution in [0, 0.1) is 6.92 Å². The van der Waals surface area contributed by atoms with Crippen molar-refractivity contribution in [1.29, 1.82) is 0 Å². The third-order valence-corrected chi connectivity index (χ3v) is 5.40. The normalized spacial score (nSPS) is 11.1. The van der Waals surface area contributed by atoms with Gasteiger partial charge >= 0.3 is 5.69 Å². The lowest BCUT2D eigenvalue weighted by atomic mass is 10.1. The molecule has 1 N–H and O–H groups in total. The number of thioether (sulfide) groups is 1. The fourth-order valence-electron chi connectivity index (χ4n) is 2.78. The summed E-state index contributed by atoms with van der Waals surface area (Å²) < 4.78 is 4.07. The van der Waals surface area contributed by atoms with Crippen molar-refractivity contribution in [2.75, 3.05) is 5.75 Å². The van der Waals surface area contributed by atoms with Crippen LogP contribution in [-0.4, -0.2) is 30.3 Å². The van der Waals surface area contributed by atoms with Gasteiger partial charge in [-0.3, -0.25) is 18.7 Å². The minimum absolute atomic E-state index is 0.130. The van der Waals surface area contributed by atoms with Crippen LogP contribution in [0.15, 0.2) is 39.0 Å². The summed E-state index contributed by atoms with van der Waals surface area (Å²) in [4.78, 5) is 40.8. The highest BCUT2D eigenvalue weighted by atomic mass is 32.2. The Labute approximate surface area is 159 Å². The summed E-state index contributed by atoms with van der Waals surface area (Å²) in [5.74, 6) is 0.0338. The number of aromatic nitrogens is 4. The highest BCUT2D eigenvalue weighted by molar-refractivity contribution is 7.99. The zero-order valence-corrected chi connectivity index (χ0v) is 16.5. The zero-order valence-electron chi connectivity index (χ0n) is 15.6. The lowest BCUT2D eigenvalue weighted by molar-refractivity contribution is -0.118. The topological polar surface area (TPSA) is 90.9 Å². The van der Waals surface area contributed by atoms with E-state index in [1.807, 2.05) is 31.2 Å². The van der Waals surface area contributed by atoms with Crippen molar-refractivity contribution in [3.63, 3.8) is 0 Å². The number of hydrogen-bond acceptors (Lipinski definition) is 5. The van der Waals surface area contributed by atoms with Crippen LogP contribution in [0.25, 0.3) is 11.2 Å². The lowest BCUT2D eigenvalue weighted by Gasteiger charge is -2.07. The maximum absolute atomic E-state index is 12.3. The van der Waals surface area contributed by atoms with Gasteiger partial charge in [0.2, 0.25) is 5.91 Å². The Morgan fingerprint density at radius 2 is 1.74 bits per heavy atom. The monoisotopic (exact) mass is 387 g/mol. The highest BCUT2D eigenvalue weighted by Gasteiger charge is 2.17. The molecule has 0 fully saturated rings. The van der Waals surface area contributed by atoms with Gasteiger partial charge in [0, 0.05) is 27.7 Å². The van der Waals surface area contributed by atoms with Gasteiger partial charge in [0.15, 0.2) is 16.3 Å². The molecule has 0 unspecified atom stereocenters. The summed E-state index contributed by atoms with van der Waals surface area (Å²) in [6, 6.07) is 7.95. The molecule has 2 aromatic heterocycles. The van der Waals surface area contributed by atoms with Gasteiger partial charge in [-0.15, -0.1) is 0 Å². The molecule has 142 valence electrons. The van der Waals surface area contributed by atoms with Crippen molar-refractivity contribution in [3.05, 3.63) is 56.2 Å². The van der Waals surface area contributed by atoms with Gasteiger partial charge in [0.1, 0.15) is 0 Å². The van der Waals surface area contributed by atoms with Gasteiger partial charge < -0.3 is 9.88 Å². The zero-order chi connectivity index (χ0) is 19.7. The van der Waals surface area contributed by atoms with Gasteiger partial charge in [-0.2, -0.15) is 0 Å². The molecule has 3 aromatic rings. The molecule has 0 saturated carbocycles. The van der Waals surface area contributed by atoms with Crippen LogP contribution in [0.1, 0.15) is 11.1 Å². The number of benzene rings is 1. The second-order valence-electron chi connectivity index (χ2n) is 6.38. The minimum Gasteiger partial charge on any atom is -0.351 e. The van der Waals surface area contributed by atoms with Crippen molar-refractivity contribution in [2.24, 2.45) is 21.1 Å². The molecule has 0 aliphatic carbocycles. The molecule has 9 heteroatoms. The first-order valence-corrected chi connectivity index (χ1v) is 9.35. The minimum atomic E-state index is -0.445. The van der Waals surface area contributed by atoms with E-state index in [9.17, 15) is 14.4 Å². The largest absolute Gasteiger partial charge is 0.351 e. The van der Waals surface area contributed by atoms with E-state index in [-0.39, 0.29) is 17.2 Å². The third kappa shape index (κ3) is 3.68. The first kappa shape index (κ1) is 19.0. The number of aryl methyl sites for hydroxylation is 3. The van der Waals surface area contributed by atoms with Crippen LogP contribution in [0.3, 0.4) is 0 Å². The van der Waals surface area contributed by atoms with Crippen LogP contribution in [0.4, 0.5) is 0 Å². The smallest absolute Gasteiger partial charge is 0.332 e. The second-order valence-corrected chi connectivity index (χ2v) is 7.32. The fourth-order valence-corrected chi connectivity index (χ4v) is 3.57. The van der Waals surface area contributed by atoms with Crippen LogP contribution in [0.5, 0.6) is 0 Å². The predicted molar refractivity (Wildman–Crippen MR) is 105 cm³/mol. The number of imidazole rings is 1. The van der Waals surface area contributed by atoms with E-state index in [0.29, 0.717) is 17.3 Å². The average Bonchev–Trinajstić information content (AvgIpc) is 2.99. The molecule has 0 atom stereocenters. The van der Waals surface area contributed by atoms with Gasteiger partial charge in [-0.1, -0.05) is 41.6 Å². The summed E-state index contributed by atoms with van der Waals surface area (Å²) in [7, 11) is 4.74. The Morgan fingerprint density at radius 3 is 2.41 bits per heavy atom. The van der Waals surface area contributed by atoms with Gasteiger partial charge in [-0.25, -0.2) is 9.78 Å². The summed E-state index contributed by atoms with van der Waals surface area (Å²) in [5, 5.41) is 3.37. The van der Waals surface area contributed by atoms with E-state index in [1.165, 1.54) is 28.9 Å². The Hall–Kier alpha value is -2.81. The maximum atomic E-state index is 12.3. The van der Waals surface area contributed by atoms with Crippen molar-refractivity contribution in [3.8, 4) is 0 Å². The number of nitrogens with zero attached hydrogens (tertiary/aromatic N) is 4. The molecule has 1 amide bonds. The van der Waals surface area contributed by atoms with E-state index in [2.05, 4.69) is 10.3 Å². The van der Waals surface area contributed by atoms with Crippen LogP contribution in [-0.2, 0) is 32.5 Å². The van der Waals surface area contributed by atoms with E-state index in [4.69, 9.17) is 0 Å². The van der Waals surface area contributed by atoms with E-state index in [1.54, 1.807) is 18.7 Å². The van der Waals surface area contributed by atoms with E-state index < -0.39 is 11.2 Å². The summed E-state index contributed by atoms with van der Waals surface area (Å²) in [6.45, 7) is 2.47. The third-order valence-electron chi connectivity index (χ3n) is 4.37.